The topological polar surface area (TPSA) is 65.2 Å². The van der Waals surface area contributed by atoms with Gasteiger partial charge in [-0.15, -0.1) is 0 Å². The summed E-state index contributed by atoms with van der Waals surface area (Å²) in [7, 11) is 0. The molecule has 2 N–H and O–H groups in total. The monoisotopic (exact) mass is 216 g/mol. The second kappa shape index (κ2) is 4.18. The number of ether oxygens (including phenoxy) is 1. The lowest BCUT2D eigenvalue weighted by Crippen LogP contribution is -2.05. The minimum absolute atomic E-state index is 0.348. The predicted molar refractivity (Wildman–Crippen MR) is 62.1 cm³/mol. The van der Waals surface area contributed by atoms with Gasteiger partial charge in [-0.2, -0.15) is 0 Å². The van der Waals surface area contributed by atoms with Crippen molar-refractivity contribution in [3.63, 3.8) is 0 Å². The lowest BCUT2D eigenvalue weighted by atomic mass is 10.1. The quantitative estimate of drug-likeness (QED) is 0.616. The van der Waals surface area contributed by atoms with Crippen molar-refractivity contribution in [2.45, 2.75) is 6.92 Å². The normalized spacial score (nSPS) is 10.3. The number of hydrogen-bond donors (Lipinski definition) is 1. The van der Waals surface area contributed by atoms with E-state index in [9.17, 15) is 4.79 Å². The molecule has 0 aliphatic rings. The first-order valence-corrected chi connectivity index (χ1v) is 5.03. The molecule has 2 rings (SSSR count). The molecular weight excluding hydrogens is 204 g/mol. The van der Waals surface area contributed by atoms with Gasteiger partial charge in [0.2, 0.25) is 0 Å². The van der Waals surface area contributed by atoms with E-state index < -0.39 is 0 Å². The van der Waals surface area contributed by atoms with E-state index in [1.807, 2.05) is 12.1 Å². The highest BCUT2D eigenvalue weighted by molar-refractivity contribution is 5.97. The molecule has 0 amide bonds. The van der Waals surface area contributed by atoms with Crippen molar-refractivity contribution in [3.05, 3.63) is 36.0 Å². The molecule has 1 aromatic carbocycles. The first-order chi connectivity index (χ1) is 7.72. The van der Waals surface area contributed by atoms with Gasteiger partial charge in [0, 0.05) is 17.3 Å². The van der Waals surface area contributed by atoms with Crippen molar-refractivity contribution in [1.82, 2.24) is 4.98 Å². The number of pyridine rings is 1. The predicted octanol–water partition coefficient (Wildman–Crippen LogP) is 1.99. The highest BCUT2D eigenvalue weighted by Gasteiger charge is 2.08. The van der Waals surface area contributed by atoms with Gasteiger partial charge in [0.15, 0.2) is 0 Å². The van der Waals surface area contributed by atoms with Gasteiger partial charge in [-0.05, 0) is 25.1 Å². The molecule has 4 nitrogen and oxygen atoms in total. The van der Waals surface area contributed by atoms with E-state index in [1.54, 1.807) is 19.1 Å². The Labute approximate surface area is 93.0 Å². The summed E-state index contributed by atoms with van der Waals surface area (Å²) in [5, 5.41) is 0.771. The standard InChI is InChI=1S/C12H12N2O2/c1-2-16-12(15)8-6-9-10(13)4-3-5-11(9)14-7-8/h3-7H,2,13H2,1H3. The molecule has 1 aromatic heterocycles. The van der Waals surface area contributed by atoms with Crippen molar-refractivity contribution in [2.75, 3.05) is 12.3 Å². The van der Waals surface area contributed by atoms with Crippen LogP contribution in [0.4, 0.5) is 5.69 Å². The van der Waals surface area contributed by atoms with E-state index >= 15 is 0 Å². The van der Waals surface area contributed by atoms with Gasteiger partial charge in [-0.25, -0.2) is 4.79 Å². The number of fused-ring (bicyclic) bond motifs is 1. The number of nitrogens with zero attached hydrogens (tertiary/aromatic N) is 1. The van der Waals surface area contributed by atoms with Crippen LogP contribution in [0.25, 0.3) is 10.9 Å². The van der Waals surface area contributed by atoms with E-state index in [0.717, 1.165) is 10.9 Å². The second-order valence-corrected chi connectivity index (χ2v) is 3.36. The maximum absolute atomic E-state index is 11.5. The number of esters is 1. The zero-order chi connectivity index (χ0) is 11.5. The van der Waals surface area contributed by atoms with Gasteiger partial charge in [0.1, 0.15) is 0 Å². The summed E-state index contributed by atoms with van der Waals surface area (Å²) in [5.41, 5.74) is 7.61. The molecule has 0 radical (unpaired) electrons. The van der Waals surface area contributed by atoms with Crippen molar-refractivity contribution in [3.8, 4) is 0 Å². The number of hydrogen-bond acceptors (Lipinski definition) is 4. The fourth-order valence-corrected chi connectivity index (χ4v) is 1.50. The fraction of sp³-hybridized carbons (Fsp3) is 0.167. The molecule has 4 heteroatoms. The maximum atomic E-state index is 11.5. The minimum atomic E-state index is -0.375. The maximum Gasteiger partial charge on any atom is 0.339 e. The first-order valence-electron chi connectivity index (χ1n) is 5.03. The van der Waals surface area contributed by atoms with Crippen LogP contribution < -0.4 is 5.73 Å². The molecule has 0 aliphatic carbocycles. The van der Waals surface area contributed by atoms with Crippen LogP contribution in [0.3, 0.4) is 0 Å². The molecule has 0 saturated heterocycles. The Morgan fingerprint density at radius 3 is 3.06 bits per heavy atom. The molecule has 2 aromatic rings. The molecule has 0 aliphatic heterocycles. The summed E-state index contributed by atoms with van der Waals surface area (Å²) in [6.45, 7) is 2.11. The Hall–Kier alpha value is -2.10. The first kappa shape index (κ1) is 10.4. The molecule has 0 unspecified atom stereocenters. The Morgan fingerprint density at radius 1 is 1.50 bits per heavy atom. The molecule has 0 bridgehead atoms. The number of anilines is 1. The number of rotatable bonds is 2. The summed E-state index contributed by atoms with van der Waals surface area (Å²) in [4.78, 5) is 15.7. The third-order valence-electron chi connectivity index (χ3n) is 2.27. The number of nitrogens with two attached hydrogens (primary N) is 1. The Balaban J connectivity index is 2.51. The summed E-state index contributed by atoms with van der Waals surface area (Å²) in [6, 6.07) is 7.16. The van der Waals surface area contributed by atoms with Crippen LogP contribution in [0.15, 0.2) is 30.5 Å². The van der Waals surface area contributed by atoms with Crippen LogP contribution >= 0.6 is 0 Å². The van der Waals surface area contributed by atoms with Crippen LogP contribution in [0, 0.1) is 0 Å². The van der Waals surface area contributed by atoms with Gasteiger partial charge < -0.3 is 10.5 Å². The van der Waals surface area contributed by atoms with Gasteiger partial charge in [0.05, 0.1) is 17.7 Å². The SMILES string of the molecule is CCOC(=O)c1cnc2cccc(N)c2c1. The highest BCUT2D eigenvalue weighted by Crippen LogP contribution is 2.20. The smallest absolute Gasteiger partial charge is 0.339 e. The zero-order valence-corrected chi connectivity index (χ0v) is 8.93. The van der Waals surface area contributed by atoms with E-state index in [0.29, 0.717) is 17.9 Å². The second-order valence-electron chi connectivity index (χ2n) is 3.36. The van der Waals surface area contributed by atoms with Crippen LogP contribution in [0.2, 0.25) is 0 Å². The van der Waals surface area contributed by atoms with Gasteiger partial charge in [0.25, 0.3) is 0 Å². The Morgan fingerprint density at radius 2 is 2.31 bits per heavy atom. The van der Waals surface area contributed by atoms with E-state index in [2.05, 4.69) is 4.98 Å². The van der Waals surface area contributed by atoms with Crippen LogP contribution in [0.5, 0.6) is 0 Å². The summed E-state index contributed by atoms with van der Waals surface area (Å²) in [6.07, 6.45) is 1.50. The average Bonchev–Trinajstić information content (AvgIpc) is 2.29. The molecule has 82 valence electrons. The molecule has 1 heterocycles. The van der Waals surface area contributed by atoms with Gasteiger partial charge >= 0.3 is 5.97 Å². The number of carbonyl (C=O) groups excluding carboxylic acids is 1. The number of benzene rings is 1. The van der Waals surface area contributed by atoms with Gasteiger partial charge in [-0.3, -0.25) is 4.98 Å². The zero-order valence-electron chi connectivity index (χ0n) is 8.93. The molecule has 0 atom stereocenters. The summed E-state index contributed by atoms with van der Waals surface area (Å²) < 4.78 is 4.90. The van der Waals surface area contributed by atoms with E-state index in [4.69, 9.17) is 10.5 Å². The van der Waals surface area contributed by atoms with Crippen molar-refractivity contribution >= 4 is 22.6 Å². The number of aromatic nitrogens is 1. The average molecular weight is 216 g/mol. The van der Waals surface area contributed by atoms with Crippen LogP contribution in [0.1, 0.15) is 17.3 Å². The largest absolute Gasteiger partial charge is 0.462 e. The lowest BCUT2D eigenvalue weighted by molar-refractivity contribution is 0.0526. The third-order valence-corrected chi connectivity index (χ3v) is 2.27. The molecule has 0 saturated carbocycles. The summed E-state index contributed by atoms with van der Waals surface area (Å²) in [5.74, 6) is -0.375. The minimum Gasteiger partial charge on any atom is -0.462 e. The van der Waals surface area contributed by atoms with Crippen molar-refractivity contribution < 1.29 is 9.53 Å². The summed E-state index contributed by atoms with van der Waals surface area (Å²) >= 11 is 0. The molecular formula is C12H12N2O2. The molecule has 0 fully saturated rings. The number of carbonyl (C=O) groups is 1. The number of nitrogen functional groups attached to an aromatic ring is 1. The third kappa shape index (κ3) is 1.82. The fourth-order valence-electron chi connectivity index (χ4n) is 1.50. The van der Waals surface area contributed by atoms with Crippen molar-refractivity contribution in [1.29, 1.82) is 0 Å². The van der Waals surface area contributed by atoms with Gasteiger partial charge in [-0.1, -0.05) is 6.07 Å². The molecule has 0 spiro atoms. The lowest BCUT2D eigenvalue weighted by Gasteiger charge is -2.04. The Bertz CT molecular complexity index is 538. The van der Waals surface area contributed by atoms with Crippen LogP contribution in [-0.4, -0.2) is 17.6 Å². The van der Waals surface area contributed by atoms with Crippen molar-refractivity contribution in [2.24, 2.45) is 0 Å². The van der Waals surface area contributed by atoms with Crippen LogP contribution in [-0.2, 0) is 4.74 Å². The van der Waals surface area contributed by atoms with E-state index in [-0.39, 0.29) is 5.97 Å². The highest BCUT2D eigenvalue weighted by atomic mass is 16.5. The molecule has 16 heavy (non-hydrogen) atoms. The Kier molecular flexibility index (Phi) is 2.72. The van der Waals surface area contributed by atoms with E-state index in [1.165, 1.54) is 6.20 Å².